The van der Waals surface area contributed by atoms with Crippen LogP contribution in [0, 0.1) is 0 Å². The zero-order valence-corrected chi connectivity index (χ0v) is 15.5. The molecule has 0 aromatic heterocycles. The topological polar surface area (TPSA) is 128 Å². The van der Waals surface area contributed by atoms with Crippen molar-refractivity contribution in [3.05, 3.63) is 35.9 Å². The number of benzene rings is 1. The first-order chi connectivity index (χ1) is 12.2. The molecule has 26 heavy (non-hydrogen) atoms. The predicted octanol–water partition coefficient (Wildman–Crippen LogP) is -0.632. The first-order valence-corrected chi connectivity index (χ1v) is 9.30. The van der Waals surface area contributed by atoms with E-state index in [-0.39, 0.29) is 6.42 Å². The average Bonchev–Trinajstić information content (AvgIpc) is 2.59. The molecule has 0 saturated carbocycles. The zero-order chi connectivity index (χ0) is 19.7. The molecule has 0 bridgehead atoms. The van der Waals surface area contributed by atoms with Crippen LogP contribution in [0.1, 0.15) is 12.5 Å². The maximum Gasteiger partial charge on any atom is 0.329 e. The molecule has 0 fully saturated rings. The highest BCUT2D eigenvalue weighted by molar-refractivity contribution is 7.89. The Morgan fingerprint density at radius 1 is 1.00 bits per heavy atom. The largest absolute Gasteiger partial charge is 0.468 e. The fraction of sp³-hybridized carbons (Fsp3) is 0.438. The number of ether oxygens (including phenoxy) is 2. The van der Waals surface area contributed by atoms with Gasteiger partial charge in [0.05, 0.1) is 20.0 Å². The molecule has 0 saturated heterocycles. The molecule has 0 aliphatic carbocycles. The van der Waals surface area contributed by atoms with Crippen molar-refractivity contribution in [2.24, 2.45) is 0 Å². The lowest BCUT2D eigenvalue weighted by Crippen LogP contribution is -2.50. The highest BCUT2D eigenvalue weighted by Crippen LogP contribution is 2.07. The van der Waals surface area contributed by atoms with Gasteiger partial charge in [-0.05, 0) is 12.0 Å². The van der Waals surface area contributed by atoms with E-state index in [2.05, 4.69) is 19.5 Å². The Kier molecular flexibility index (Phi) is 8.20. The third-order valence-corrected chi connectivity index (χ3v) is 4.76. The van der Waals surface area contributed by atoms with Crippen LogP contribution in [0.25, 0.3) is 0 Å². The number of nitrogens with one attached hydrogen (secondary N) is 2. The third-order valence-electron chi connectivity index (χ3n) is 3.34. The smallest absolute Gasteiger partial charge is 0.329 e. The SMILES string of the molecule is COC(=O)[C@H](Cc1ccccc1)NS(=O)(=O)C[C@@H](NC(C)=O)C(=O)OC. The molecule has 144 valence electrons. The minimum atomic E-state index is -4.12. The Bertz CT molecular complexity index is 734. The normalized spacial score (nSPS) is 13.3. The molecule has 1 amide bonds. The van der Waals surface area contributed by atoms with Gasteiger partial charge in [0.25, 0.3) is 0 Å². The van der Waals surface area contributed by atoms with Gasteiger partial charge in [-0.3, -0.25) is 9.59 Å². The maximum absolute atomic E-state index is 12.4. The second-order valence-corrected chi connectivity index (χ2v) is 7.24. The van der Waals surface area contributed by atoms with Crippen molar-refractivity contribution in [1.82, 2.24) is 10.0 Å². The summed E-state index contributed by atoms with van der Waals surface area (Å²) in [6, 6.07) is 6.19. The van der Waals surface area contributed by atoms with E-state index in [4.69, 9.17) is 0 Å². The Morgan fingerprint density at radius 2 is 1.54 bits per heavy atom. The summed E-state index contributed by atoms with van der Waals surface area (Å²) in [4.78, 5) is 34.8. The lowest BCUT2D eigenvalue weighted by molar-refractivity contribution is -0.144. The summed E-state index contributed by atoms with van der Waals surface area (Å²) in [5.74, 6) is -3.05. The number of hydrogen-bond donors (Lipinski definition) is 2. The molecule has 1 rings (SSSR count). The molecule has 0 unspecified atom stereocenters. The fourth-order valence-corrected chi connectivity index (χ4v) is 3.57. The van der Waals surface area contributed by atoms with Crippen molar-refractivity contribution < 1.29 is 32.3 Å². The molecular weight excluding hydrogens is 364 g/mol. The maximum atomic E-state index is 12.4. The predicted molar refractivity (Wildman–Crippen MR) is 92.5 cm³/mol. The number of sulfonamides is 1. The lowest BCUT2D eigenvalue weighted by atomic mass is 10.1. The van der Waals surface area contributed by atoms with E-state index in [1.807, 2.05) is 0 Å². The van der Waals surface area contributed by atoms with Gasteiger partial charge in [0.2, 0.25) is 15.9 Å². The minimum Gasteiger partial charge on any atom is -0.468 e. The van der Waals surface area contributed by atoms with Gasteiger partial charge < -0.3 is 14.8 Å². The summed E-state index contributed by atoms with van der Waals surface area (Å²) in [7, 11) is -1.91. The molecule has 9 nitrogen and oxygen atoms in total. The number of amides is 1. The van der Waals surface area contributed by atoms with Gasteiger partial charge in [0.15, 0.2) is 0 Å². The molecule has 2 N–H and O–H groups in total. The van der Waals surface area contributed by atoms with Crippen molar-refractivity contribution in [2.45, 2.75) is 25.4 Å². The molecule has 10 heteroatoms. The van der Waals surface area contributed by atoms with Crippen LogP contribution in [0.15, 0.2) is 30.3 Å². The Balaban J connectivity index is 2.94. The summed E-state index contributed by atoms with van der Waals surface area (Å²) in [5, 5.41) is 2.20. The first kappa shape index (κ1) is 21.6. The Hall–Kier alpha value is -2.46. The molecule has 0 spiro atoms. The Labute approximate surface area is 152 Å². The molecule has 0 aliphatic rings. The Morgan fingerprint density at radius 3 is 2.04 bits per heavy atom. The number of carbonyl (C=O) groups is 3. The van der Waals surface area contributed by atoms with Crippen LogP contribution in [0.5, 0.6) is 0 Å². The number of esters is 2. The summed E-state index contributed by atoms with van der Waals surface area (Å²) in [5.41, 5.74) is 0.719. The quantitative estimate of drug-likeness (QED) is 0.541. The number of methoxy groups -OCH3 is 2. The number of carbonyl (C=O) groups excluding carboxylic acids is 3. The van der Waals surface area contributed by atoms with Crippen molar-refractivity contribution in [3.63, 3.8) is 0 Å². The average molecular weight is 386 g/mol. The molecule has 0 heterocycles. The van der Waals surface area contributed by atoms with Gasteiger partial charge >= 0.3 is 11.9 Å². The van der Waals surface area contributed by atoms with Gasteiger partial charge in [-0.2, -0.15) is 0 Å². The van der Waals surface area contributed by atoms with Crippen molar-refractivity contribution in [3.8, 4) is 0 Å². The van der Waals surface area contributed by atoms with Crippen LogP contribution in [-0.4, -0.2) is 58.3 Å². The van der Waals surface area contributed by atoms with Crippen LogP contribution in [0.3, 0.4) is 0 Å². The van der Waals surface area contributed by atoms with E-state index in [1.54, 1.807) is 30.3 Å². The molecule has 2 atom stereocenters. The van der Waals surface area contributed by atoms with Gasteiger partial charge in [-0.25, -0.2) is 17.9 Å². The van der Waals surface area contributed by atoms with Crippen LogP contribution in [0.4, 0.5) is 0 Å². The number of hydrogen-bond acceptors (Lipinski definition) is 7. The van der Waals surface area contributed by atoms with E-state index < -0.39 is 45.7 Å². The fourth-order valence-electron chi connectivity index (χ4n) is 2.21. The molecule has 1 aromatic carbocycles. The van der Waals surface area contributed by atoms with Gasteiger partial charge in [0.1, 0.15) is 12.1 Å². The summed E-state index contributed by atoms with van der Waals surface area (Å²) in [6.07, 6.45) is 0.0652. The van der Waals surface area contributed by atoms with Crippen molar-refractivity contribution >= 4 is 27.9 Å². The van der Waals surface area contributed by atoms with E-state index in [1.165, 1.54) is 0 Å². The van der Waals surface area contributed by atoms with Crippen LogP contribution in [-0.2, 0) is 40.3 Å². The second kappa shape index (κ2) is 9.88. The van der Waals surface area contributed by atoms with E-state index in [9.17, 15) is 22.8 Å². The zero-order valence-electron chi connectivity index (χ0n) is 14.7. The van der Waals surface area contributed by atoms with Crippen LogP contribution < -0.4 is 10.0 Å². The highest BCUT2D eigenvalue weighted by atomic mass is 32.2. The van der Waals surface area contributed by atoms with Crippen LogP contribution >= 0.6 is 0 Å². The van der Waals surface area contributed by atoms with Crippen molar-refractivity contribution in [2.75, 3.05) is 20.0 Å². The van der Waals surface area contributed by atoms with Gasteiger partial charge in [-0.15, -0.1) is 0 Å². The number of rotatable bonds is 9. The van der Waals surface area contributed by atoms with Crippen molar-refractivity contribution in [1.29, 1.82) is 0 Å². The second-order valence-electron chi connectivity index (χ2n) is 5.44. The summed E-state index contributed by atoms with van der Waals surface area (Å²) in [6.45, 7) is 1.14. The monoisotopic (exact) mass is 386 g/mol. The van der Waals surface area contributed by atoms with Gasteiger partial charge in [-0.1, -0.05) is 30.3 Å². The highest BCUT2D eigenvalue weighted by Gasteiger charge is 2.31. The molecular formula is C16H22N2O7S. The standard InChI is InChI=1S/C16H22N2O7S/c1-11(19)17-14(16(21)25-3)10-26(22,23)18-13(15(20)24-2)9-12-7-5-4-6-8-12/h4-8,13-14,18H,9-10H2,1-3H3,(H,17,19)/t13-,14+/m0/s1. The van der Waals surface area contributed by atoms with Gasteiger partial charge in [0, 0.05) is 6.92 Å². The summed E-state index contributed by atoms with van der Waals surface area (Å²) >= 11 is 0. The summed E-state index contributed by atoms with van der Waals surface area (Å²) < 4.78 is 36.1. The molecule has 1 aromatic rings. The van der Waals surface area contributed by atoms with E-state index in [0.29, 0.717) is 0 Å². The lowest BCUT2D eigenvalue weighted by Gasteiger charge is -2.20. The molecule has 0 aliphatic heterocycles. The molecule has 0 radical (unpaired) electrons. The minimum absolute atomic E-state index is 0.0652. The van der Waals surface area contributed by atoms with E-state index >= 15 is 0 Å². The third kappa shape index (κ3) is 7.19. The van der Waals surface area contributed by atoms with Crippen LogP contribution in [0.2, 0.25) is 0 Å². The first-order valence-electron chi connectivity index (χ1n) is 7.65. The van der Waals surface area contributed by atoms with E-state index in [0.717, 1.165) is 26.7 Å².